The smallest absolute Gasteiger partial charge is 0.268 e. The van der Waals surface area contributed by atoms with E-state index >= 15 is 0 Å². The average Bonchev–Trinajstić information content (AvgIpc) is 2.48. The van der Waals surface area contributed by atoms with Crippen LogP contribution < -0.4 is 9.64 Å². The topological polar surface area (TPSA) is 49.8 Å². The van der Waals surface area contributed by atoms with Crippen molar-refractivity contribution in [2.75, 3.05) is 11.4 Å². The zero-order valence-corrected chi connectivity index (χ0v) is 12.1. The fraction of sp³-hybridized carbons (Fsp3) is 0.235. The highest BCUT2D eigenvalue weighted by atomic mass is 19.1. The van der Waals surface area contributed by atoms with Crippen molar-refractivity contribution in [1.29, 1.82) is 0 Å². The zero-order valence-electron chi connectivity index (χ0n) is 12.1. The molecule has 1 N–H and O–H groups in total. The van der Waals surface area contributed by atoms with Gasteiger partial charge in [0.2, 0.25) is 0 Å². The maximum Gasteiger partial charge on any atom is 0.268 e. The Morgan fingerprint density at radius 3 is 2.82 bits per heavy atom. The molecule has 0 radical (unpaired) electrons. The number of phenolic OH excluding ortho intramolecular Hbond substituents is 1. The van der Waals surface area contributed by atoms with Gasteiger partial charge >= 0.3 is 0 Å². The highest BCUT2D eigenvalue weighted by Crippen LogP contribution is 2.37. The second kappa shape index (κ2) is 5.67. The van der Waals surface area contributed by atoms with Gasteiger partial charge in [-0.05, 0) is 36.8 Å². The summed E-state index contributed by atoms with van der Waals surface area (Å²) in [5.41, 5.74) is 1.33. The van der Waals surface area contributed by atoms with Crippen molar-refractivity contribution >= 4 is 11.6 Å². The number of amides is 1. The number of rotatable bonds is 3. The first-order valence-electron chi connectivity index (χ1n) is 7.14. The standard InChI is InChI=1S/C17H16FNO3/c1-2-19-14-7-6-13(20)10-15(14)22-16(17(19)21)9-11-4-3-5-12(18)8-11/h3-8,10,16,20H,2,9H2,1H3. The number of aromatic hydroxyl groups is 1. The molecule has 0 spiro atoms. The minimum Gasteiger partial charge on any atom is -0.508 e. The number of nitrogens with zero attached hydrogens (tertiary/aromatic N) is 1. The molecule has 22 heavy (non-hydrogen) atoms. The lowest BCUT2D eigenvalue weighted by Gasteiger charge is -2.33. The Morgan fingerprint density at radius 1 is 1.27 bits per heavy atom. The molecule has 3 rings (SSSR count). The molecule has 0 saturated heterocycles. The normalized spacial score (nSPS) is 17.1. The molecule has 114 valence electrons. The Labute approximate surface area is 127 Å². The summed E-state index contributed by atoms with van der Waals surface area (Å²) in [6, 6.07) is 10.8. The number of benzene rings is 2. The summed E-state index contributed by atoms with van der Waals surface area (Å²) in [6.45, 7) is 2.37. The third-order valence-electron chi connectivity index (χ3n) is 3.67. The number of carbonyl (C=O) groups is 1. The van der Waals surface area contributed by atoms with E-state index in [-0.39, 0.29) is 23.9 Å². The molecule has 4 nitrogen and oxygen atoms in total. The molecule has 1 amide bonds. The number of carbonyl (C=O) groups excluding carboxylic acids is 1. The Morgan fingerprint density at radius 2 is 2.09 bits per heavy atom. The van der Waals surface area contributed by atoms with Gasteiger partial charge in [0, 0.05) is 19.0 Å². The Kier molecular flexibility index (Phi) is 3.71. The molecule has 1 heterocycles. The average molecular weight is 301 g/mol. The van der Waals surface area contributed by atoms with E-state index in [1.165, 1.54) is 24.3 Å². The lowest BCUT2D eigenvalue weighted by atomic mass is 10.0. The van der Waals surface area contributed by atoms with Gasteiger partial charge in [-0.3, -0.25) is 4.79 Å². The number of likely N-dealkylation sites (N-methyl/N-ethyl adjacent to an activating group) is 1. The fourth-order valence-electron chi connectivity index (χ4n) is 2.65. The van der Waals surface area contributed by atoms with Crippen LogP contribution in [0.5, 0.6) is 11.5 Å². The molecular weight excluding hydrogens is 285 g/mol. The number of ether oxygens (including phenoxy) is 1. The molecule has 5 heteroatoms. The summed E-state index contributed by atoms with van der Waals surface area (Å²) < 4.78 is 19.0. The second-order valence-corrected chi connectivity index (χ2v) is 5.18. The van der Waals surface area contributed by atoms with Crippen LogP contribution in [0.15, 0.2) is 42.5 Å². The maximum absolute atomic E-state index is 13.3. The summed E-state index contributed by atoms with van der Waals surface area (Å²) >= 11 is 0. The molecule has 0 fully saturated rings. The third kappa shape index (κ3) is 2.62. The summed E-state index contributed by atoms with van der Waals surface area (Å²) in [6.07, 6.45) is -0.446. The van der Waals surface area contributed by atoms with Gasteiger partial charge in [0.1, 0.15) is 17.3 Å². The molecule has 0 bridgehead atoms. The van der Waals surface area contributed by atoms with Crippen LogP contribution in [-0.4, -0.2) is 23.7 Å². The van der Waals surface area contributed by atoms with Crippen molar-refractivity contribution in [3.8, 4) is 11.5 Å². The van der Waals surface area contributed by atoms with Crippen LogP contribution in [0.1, 0.15) is 12.5 Å². The Balaban J connectivity index is 1.92. The number of halogens is 1. The lowest BCUT2D eigenvalue weighted by molar-refractivity contribution is -0.126. The van der Waals surface area contributed by atoms with Crippen molar-refractivity contribution in [3.63, 3.8) is 0 Å². The van der Waals surface area contributed by atoms with Crippen LogP contribution in [0.25, 0.3) is 0 Å². The summed E-state index contributed by atoms with van der Waals surface area (Å²) in [7, 11) is 0. The molecule has 2 aromatic rings. The number of phenols is 1. The molecule has 0 saturated carbocycles. The van der Waals surface area contributed by atoms with Gasteiger partial charge in [-0.25, -0.2) is 4.39 Å². The van der Waals surface area contributed by atoms with E-state index in [1.807, 2.05) is 6.92 Å². The number of hydrogen-bond donors (Lipinski definition) is 1. The minimum absolute atomic E-state index is 0.0775. The lowest BCUT2D eigenvalue weighted by Crippen LogP contribution is -2.46. The van der Waals surface area contributed by atoms with Crippen molar-refractivity contribution < 1.29 is 19.0 Å². The largest absolute Gasteiger partial charge is 0.508 e. The van der Waals surface area contributed by atoms with Crippen LogP contribution in [0.4, 0.5) is 10.1 Å². The van der Waals surface area contributed by atoms with Crippen molar-refractivity contribution in [1.82, 2.24) is 0 Å². The van der Waals surface area contributed by atoms with Gasteiger partial charge in [0.25, 0.3) is 5.91 Å². The summed E-state index contributed by atoms with van der Waals surface area (Å²) in [5, 5.41) is 9.59. The quantitative estimate of drug-likeness (QED) is 0.948. The number of anilines is 1. The number of hydrogen-bond acceptors (Lipinski definition) is 3. The van der Waals surface area contributed by atoms with Crippen LogP contribution in [0.2, 0.25) is 0 Å². The van der Waals surface area contributed by atoms with Crippen molar-refractivity contribution in [3.05, 3.63) is 53.8 Å². The van der Waals surface area contributed by atoms with E-state index in [1.54, 1.807) is 23.1 Å². The van der Waals surface area contributed by atoms with Crippen LogP contribution in [0, 0.1) is 5.82 Å². The molecule has 1 unspecified atom stereocenters. The molecule has 2 aromatic carbocycles. The third-order valence-corrected chi connectivity index (χ3v) is 3.67. The van der Waals surface area contributed by atoms with Crippen LogP contribution in [-0.2, 0) is 11.2 Å². The molecule has 1 aliphatic rings. The van der Waals surface area contributed by atoms with Crippen LogP contribution in [0.3, 0.4) is 0 Å². The fourth-order valence-corrected chi connectivity index (χ4v) is 2.65. The highest BCUT2D eigenvalue weighted by Gasteiger charge is 2.33. The first kappa shape index (κ1) is 14.4. The van der Waals surface area contributed by atoms with Gasteiger partial charge in [0.05, 0.1) is 5.69 Å². The van der Waals surface area contributed by atoms with Gasteiger partial charge in [0.15, 0.2) is 6.10 Å². The highest BCUT2D eigenvalue weighted by molar-refractivity contribution is 6.00. The van der Waals surface area contributed by atoms with E-state index in [4.69, 9.17) is 4.74 Å². The van der Waals surface area contributed by atoms with Gasteiger partial charge in [-0.1, -0.05) is 12.1 Å². The van der Waals surface area contributed by atoms with E-state index < -0.39 is 6.10 Å². The van der Waals surface area contributed by atoms with Crippen molar-refractivity contribution in [2.45, 2.75) is 19.4 Å². The summed E-state index contributed by atoms with van der Waals surface area (Å²) in [5.74, 6) is 0.0348. The molecule has 0 aliphatic carbocycles. The van der Waals surface area contributed by atoms with Gasteiger partial charge in [-0.15, -0.1) is 0 Å². The molecule has 1 atom stereocenters. The first-order chi connectivity index (χ1) is 10.6. The Bertz CT molecular complexity index is 717. The second-order valence-electron chi connectivity index (χ2n) is 5.18. The van der Waals surface area contributed by atoms with Gasteiger partial charge < -0.3 is 14.7 Å². The van der Waals surface area contributed by atoms with E-state index in [9.17, 15) is 14.3 Å². The number of fused-ring (bicyclic) bond motifs is 1. The molecular formula is C17H16FNO3. The predicted octanol–water partition coefficient (Wildman–Crippen LogP) is 2.89. The van der Waals surface area contributed by atoms with E-state index in [2.05, 4.69) is 0 Å². The van der Waals surface area contributed by atoms with E-state index in [0.717, 1.165) is 0 Å². The summed E-state index contributed by atoms with van der Waals surface area (Å²) in [4.78, 5) is 14.2. The first-order valence-corrected chi connectivity index (χ1v) is 7.14. The van der Waals surface area contributed by atoms with Crippen LogP contribution >= 0.6 is 0 Å². The Hall–Kier alpha value is -2.56. The van der Waals surface area contributed by atoms with Crippen molar-refractivity contribution in [2.24, 2.45) is 0 Å². The van der Waals surface area contributed by atoms with E-state index in [0.29, 0.717) is 23.5 Å². The van der Waals surface area contributed by atoms with Gasteiger partial charge in [-0.2, -0.15) is 0 Å². The minimum atomic E-state index is -0.726. The monoisotopic (exact) mass is 301 g/mol. The SMILES string of the molecule is CCN1C(=O)C(Cc2cccc(F)c2)Oc2cc(O)ccc21. The predicted molar refractivity (Wildman–Crippen MR) is 80.7 cm³/mol. The molecule has 0 aromatic heterocycles. The molecule has 1 aliphatic heterocycles. The zero-order chi connectivity index (χ0) is 15.7. The maximum atomic E-state index is 13.3.